The minimum atomic E-state index is 0.686. The maximum absolute atomic E-state index is 5.80. The first-order valence-electron chi connectivity index (χ1n) is 9.14. The van der Waals surface area contributed by atoms with Gasteiger partial charge in [-0.3, -0.25) is 0 Å². The fraction of sp³-hybridized carbons (Fsp3) is 0.500. The SMILES string of the molecule is Cc1cc(CCCCCCCOc2ccc(C3=NCCO3)cc2)on1. The number of hydrogen-bond acceptors (Lipinski definition) is 5. The molecule has 0 fully saturated rings. The molecule has 0 unspecified atom stereocenters. The van der Waals surface area contributed by atoms with Crippen molar-refractivity contribution in [3.8, 4) is 5.75 Å². The van der Waals surface area contributed by atoms with Crippen LogP contribution < -0.4 is 4.74 Å². The average molecular weight is 342 g/mol. The summed E-state index contributed by atoms with van der Waals surface area (Å²) in [4.78, 5) is 4.31. The summed E-state index contributed by atoms with van der Waals surface area (Å²) >= 11 is 0. The summed E-state index contributed by atoms with van der Waals surface area (Å²) in [7, 11) is 0. The Bertz CT molecular complexity index is 677. The molecule has 0 aliphatic carbocycles. The third-order valence-electron chi connectivity index (χ3n) is 4.20. The Morgan fingerprint density at radius 1 is 1.04 bits per heavy atom. The standard InChI is InChI=1S/C20H26N2O3/c1-16-15-19(25-22-16)7-5-3-2-4-6-13-23-18-10-8-17(9-11-18)20-21-12-14-24-20/h8-11,15H,2-7,12-14H2,1H3. The molecule has 0 saturated carbocycles. The van der Waals surface area contributed by atoms with Gasteiger partial charge in [-0.15, -0.1) is 0 Å². The van der Waals surface area contributed by atoms with Gasteiger partial charge in [-0.05, 0) is 44.0 Å². The monoisotopic (exact) mass is 342 g/mol. The molecule has 1 aliphatic heterocycles. The van der Waals surface area contributed by atoms with Gasteiger partial charge in [0.15, 0.2) is 0 Å². The molecular weight excluding hydrogens is 316 g/mol. The van der Waals surface area contributed by atoms with Crippen LogP contribution in [0.5, 0.6) is 5.75 Å². The summed E-state index contributed by atoms with van der Waals surface area (Å²) in [6.07, 6.45) is 6.86. The number of nitrogens with zero attached hydrogens (tertiary/aromatic N) is 2. The van der Waals surface area contributed by atoms with Crippen molar-refractivity contribution in [1.29, 1.82) is 0 Å². The van der Waals surface area contributed by atoms with Gasteiger partial charge in [0.05, 0.1) is 18.8 Å². The molecule has 0 atom stereocenters. The smallest absolute Gasteiger partial charge is 0.216 e. The molecule has 5 nitrogen and oxygen atoms in total. The molecule has 1 aromatic heterocycles. The molecular formula is C20H26N2O3. The fourth-order valence-corrected chi connectivity index (χ4v) is 2.86. The Morgan fingerprint density at radius 3 is 2.56 bits per heavy atom. The lowest BCUT2D eigenvalue weighted by Gasteiger charge is -2.07. The minimum absolute atomic E-state index is 0.686. The lowest BCUT2D eigenvalue weighted by atomic mass is 10.1. The van der Waals surface area contributed by atoms with Crippen molar-refractivity contribution in [1.82, 2.24) is 5.16 Å². The van der Waals surface area contributed by atoms with E-state index < -0.39 is 0 Å². The molecule has 134 valence electrons. The summed E-state index contributed by atoms with van der Waals surface area (Å²) in [6, 6.07) is 10.00. The van der Waals surface area contributed by atoms with Crippen LogP contribution in [0.15, 0.2) is 39.8 Å². The summed E-state index contributed by atoms with van der Waals surface area (Å²) in [5, 5.41) is 3.91. The topological polar surface area (TPSA) is 56.9 Å². The predicted molar refractivity (Wildman–Crippen MR) is 97.3 cm³/mol. The van der Waals surface area contributed by atoms with E-state index in [9.17, 15) is 0 Å². The van der Waals surface area contributed by atoms with Crippen LogP contribution in [0.1, 0.15) is 49.1 Å². The highest BCUT2D eigenvalue weighted by atomic mass is 16.5. The van der Waals surface area contributed by atoms with Crippen molar-refractivity contribution < 1.29 is 14.0 Å². The van der Waals surface area contributed by atoms with Crippen molar-refractivity contribution in [2.75, 3.05) is 19.8 Å². The molecule has 0 N–H and O–H groups in total. The highest BCUT2D eigenvalue weighted by Gasteiger charge is 2.09. The van der Waals surface area contributed by atoms with E-state index in [0.717, 1.165) is 61.1 Å². The Hall–Kier alpha value is -2.30. The zero-order valence-corrected chi connectivity index (χ0v) is 14.9. The van der Waals surface area contributed by atoms with Gasteiger partial charge in [-0.1, -0.05) is 24.4 Å². The molecule has 0 saturated heterocycles. The molecule has 1 aromatic carbocycles. The van der Waals surface area contributed by atoms with Crippen LogP contribution in [0.4, 0.5) is 0 Å². The van der Waals surface area contributed by atoms with E-state index in [1.165, 1.54) is 19.3 Å². The van der Waals surface area contributed by atoms with Gasteiger partial charge in [-0.25, -0.2) is 4.99 Å². The molecule has 0 amide bonds. The Kier molecular flexibility index (Phi) is 6.48. The van der Waals surface area contributed by atoms with E-state index in [1.807, 2.05) is 37.3 Å². The van der Waals surface area contributed by atoms with Gasteiger partial charge in [0.2, 0.25) is 5.90 Å². The summed E-state index contributed by atoms with van der Waals surface area (Å²) in [5.74, 6) is 2.65. The maximum Gasteiger partial charge on any atom is 0.216 e. The number of aryl methyl sites for hydroxylation is 2. The quantitative estimate of drug-likeness (QED) is 0.603. The second-order valence-corrected chi connectivity index (χ2v) is 6.36. The van der Waals surface area contributed by atoms with Gasteiger partial charge in [0, 0.05) is 18.1 Å². The number of aromatic nitrogens is 1. The molecule has 5 heteroatoms. The highest BCUT2D eigenvalue weighted by Crippen LogP contribution is 2.16. The summed E-state index contributed by atoms with van der Waals surface area (Å²) in [6.45, 7) is 4.16. The van der Waals surface area contributed by atoms with E-state index in [0.29, 0.717) is 6.61 Å². The Balaban J connectivity index is 1.23. The number of unbranched alkanes of at least 4 members (excludes halogenated alkanes) is 4. The predicted octanol–water partition coefficient (Wildman–Crippen LogP) is 4.33. The van der Waals surface area contributed by atoms with Gasteiger partial charge < -0.3 is 14.0 Å². The van der Waals surface area contributed by atoms with Crippen LogP contribution in [-0.2, 0) is 11.2 Å². The van der Waals surface area contributed by atoms with E-state index in [2.05, 4.69) is 10.1 Å². The van der Waals surface area contributed by atoms with E-state index >= 15 is 0 Å². The molecule has 2 aromatic rings. The lowest BCUT2D eigenvalue weighted by molar-refractivity contribution is 0.304. The first kappa shape index (κ1) is 17.5. The van der Waals surface area contributed by atoms with Crippen molar-refractivity contribution >= 4 is 5.90 Å². The normalized spacial score (nSPS) is 13.6. The van der Waals surface area contributed by atoms with Gasteiger partial charge >= 0.3 is 0 Å². The van der Waals surface area contributed by atoms with Crippen LogP contribution >= 0.6 is 0 Å². The van der Waals surface area contributed by atoms with Gasteiger partial charge in [-0.2, -0.15) is 0 Å². The molecule has 3 rings (SSSR count). The second-order valence-electron chi connectivity index (χ2n) is 6.36. The number of ether oxygens (including phenoxy) is 2. The minimum Gasteiger partial charge on any atom is -0.494 e. The number of rotatable bonds is 10. The molecule has 0 radical (unpaired) electrons. The van der Waals surface area contributed by atoms with Crippen molar-refractivity contribution in [3.63, 3.8) is 0 Å². The second kappa shape index (κ2) is 9.25. The summed E-state index contributed by atoms with van der Waals surface area (Å²) in [5.41, 5.74) is 1.98. The zero-order chi connectivity index (χ0) is 17.3. The summed E-state index contributed by atoms with van der Waals surface area (Å²) < 4.78 is 16.5. The first-order valence-corrected chi connectivity index (χ1v) is 9.14. The largest absolute Gasteiger partial charge is 0.494 e. The Labute approximate surface area is 149 Å². The first-order chi connectivity index (χ1) is 12.3. The lowest BCUT2D eigenvalue weighted by Crippen LogP contribution is -2.01. The van der Waals surface area contributed by atoms with Crippen molar-refractivity contribution in [3.05, 3.63) is 47.3 Å². The number of hydrogen-bond donors (Lipinski definition) is 0. The average Bonchev–Trinajstić information content (AvgIpc) is 3.30. The third-order valence-corrected chi connectivity index (χ3v) is 4.20. The maximum atomic E-state index is 5.80. The van der Waals surface area contributed by atoms with Crippen molar-refractivity contribution in [2.45, 2.75) is 45.4 Å². The fourth-order valence-electron chi connectivity index (χ4n) is 2.86. The van der Waals surface area contributed by atoms with Crippen LogP contribution in [0.2, 0.25) is 0 Å². The van der Waals surface area contributed by atoms with Crippen molar-refractivity contribution in [2.24, 2.45) is 4.99 Å². The van der Waals surface area contributed by atoms with Crippen LogP contribution in [0.3, 0.4) is 0 Å². The van der Waals surface area contributed by atoms with Gasteiger partial charge in [0.1, 0.15) is 18.1 Å². The number of benzene rings is 1. The van der Waals surface area contributed by atoms with Gasteiger partial charge in [0.25, 0.3) is 0 Å². The highest BCUT2D eigenvalue weighted by molar-refractivity contribution is 5.94. The van der Waals surface area contributed by atoms with Crippen LogP contribution in [0.25, 0.3) is 0 Å². The van der Waals surface area contributed by atoms with Crippen LogP contribution in [0, 0.1) is 6.92 Å². The molecule has 0 bridgehead atoms. The Morgan fingerprint density at radius 2 is 1.84 bits per heavy atom. The molecule has 0 spiro atoms. The van der Waals surface area contributed by atoms with E-state index in [4.69, 9.17) is 14.0 Å². The molecule has 2 heterocycles. The number of aliphatic imine (C=N–C) groups is 1. The molecule has 25 heavy (non-hydrogen) atoms. The van der Waals surface area contributed by atoms with E-state index in [-0.39, 0.29) is 0 Å². The third kappa shape index (κ3) is 5.62. The van der Waals surface area contributed by atoms with E-state index in [1.54, 1.807) is 0 Å². The molecule has 1 aliphatic rings. The zero-order valence-electron chi connectivity index (χ0n) is 14.9. The van der Waals surface area contributed by atoms with Crippen LogP contribution in [-0.4, -0.2) is 30.8 Å².